The maximum Gasteiger partial charge on any atom is 0.163 e. The number of aryl methyl sites for hydroxylation is 2. The minimum atomic E-state index is 0.173. The first-order valence-corrected chi connectivity index (χ1v) is 6.86. The molecule has 0 unspecified atom stereocenters. The van der Waals surface area contributed by atoms with Crippen molar-refractivity contribution < 1.29 is 9.53 Å². The summed E-state index contributed by atoms with van der Waals surface area (Å²) in [7, 11) is 1.68. The zero-order chi connectivity index (χ0) is 14.7. The number of Topliss-reactive ketones (excluding diaryl/α,β-unsaturated/α-hetero) is 1. The average molecular weight is 268 g/mol. The van der Waals surface area contributed by atoms with Crippen molar-refractivity contribution in [3.8, 4) is 16.9 Å². The molecule has 2 nitrogen and oxygen atoms in total. The highest BCUT2D eigenvalue weighted by Gasteiger charge is 2.13. The molecule has 2 heteroatoms. The summed E-state index contributed by atoms with van der Waals surface area (Å²) in [6.07, 6.45) is 0.519. The Morgan fingerprint density at radius 2 is 1.70 bits per heavy atom. The number of methoxy groups -OCH3 is 1. The van der Waals surface area contributed by atoms with E-state index in [9.17, 15) is 4.79 Å². The summed E-state index contributed by atoms with van der Waals surface area (Å²) in [6, 6.07) is 11.9. The summed E-state index contributed by atoms with van der Waals surface area (Å²) in [6.45, 7) is 5.95. The van der Waals surface area contributed by atoms with Crippen LogP contribution in [0.25, 0.3) is 11.1 Å². The Balaban J connectivity index is 2.61. The van der Waals surface area contributed by atoms with Crippen LogP contribution in [-0.2, 0) is 0 Å². The summed E-state index contributed by atoms with van der Waals surface area (Å²) in [4.78, 5) is 12.1. The van der Waals surface area contributed by atoms with Gasteiger partial charge in [0.05, 0.1) is 7.11 Å². The molecule has 2 aromatic carbocycles. The highest BCUT2D eigenvalue weighted by atomic mass is 16.5. The van der Waals surface area contributed by atoms with Crippen LogP contribution in [0.2, 0.25) is 0 Å². The van der Waals surface area contributed by atoms with Crippen LogP contribution in [0.15, 0.2) is 36.4 Å². The maximum absolute atomic E-state index is 12.1. The van der Waals surface area contributed by atoms with E-state index < -0.39 is 0 Å². The molecule has 20 heavy (non-hydrogen) atoms. The van der Waals surface area contributed by atoms with E-state index in [1.807, 2.05) is 45.0 Å². The molecule has 0 radical (unpaired) electrons. The molecule has 2 aromatic rings. The van der Waals surface area contributed by atoms with E-state index in [0.717, 1.165) is 33.6 Å². The van der Waals surface area contributed by atoms with Crippen molar-refractivity contribution in [2.45, 2.75) is 27.2 Å². The second-order valence-corrected chi connectivity index (χ2v) is 4.97. The average Bonchev–Trinajstić information content (AvgIpc) is 2.46. The van der Waals surface area contributed by atoms with Crippen LogP contribution >= 0.6 is 0 Å². The fourth-order valence-corrected chi connectivity index (χ4v) is 2.60. The lowest BCUT2D eigenvalue weighted by molar-refractivity contribution is 0.0989. The third-order valence-corrected chi connectivity index (χ3v) is 3.52. The van der Waals surface area contributed by atoms with Crippen molar-refractivity contribution in [3.63, 3.8) is 0 Å². The zero-order valence-corrected chi connectivity index (χ0v) is 12.5. The van der Waals surface area contributed by atoms with Crippen LogP contribution in [-0.4, -0.2) is 12.9 Å². The maximum atomic E-state index is 12.1. The van der Waals surface area contributed by atoms with Gasteiger partial charge in [-0.2, -0.15) is 0 Å². The first-order valence-electron chi connectivity index (χ1n) is 6.86. The van der Waals surface area contributed by atoms with Gasteiger partial charge in [-0.3, -0.25) is 4.79 Å². The molecule has 0 aliphatic heterocycles. The van der Waals surface area contributed by atoms with E-state index in [1.165, 1.54) is 0 Å². The molecule has 0 amide bonds. The normalized spacial score (nSPS) is 10.4. The number of carbonyl (C=O) groups excluding carboxylic acids is 1. The molecular weight excluding hydrogens is 248 g/mol. The van der Waals surface area contributed by atoms with E-state index in [4.69, 9.17) is 4.74 Å². The minimum Gasteiger partial charge on any atom is -0.496 e. The second kappa shape index (κ2) is 5.91. The van der Waals surface area contributed by atoms with Crippen LogP contribution in [0.1, 0.15) is 34.8 Å². The van der Waals surface area contributed by atoms with Crippen molar-refractivity contribution in [1.29, 1.82) is 0 Å². The summed E-state index contributed by atoms with van der Waals surface area (Å²) in [5, 5.41) is 0. The van der Waals surface area contributed by atoms with Crippen molar-refractivity contribution in [1.82, 2.24) is 0 Å². The molecule has 0 aromatic heterocycles. The lowest BCUT2D eigenvalue weighted by Crippen LogP contribution is -2.00. The first-order chi connectivity index (χ1) is 9.58. The van der Waals surface area contributed by atoms with E-state index in [-0.39, 0.29) is 5.78 Å². The number of benzene rings is 2. The Hall–Kier alpha value is -2.09. The first kappa shape index (κ1) is 14.3. The number of hydrogen-bond acceptors (Lipinski definition) is 2. The number of hydrogen-bond donors (Lipinski definition) is 0. The predicted molar refractivity (Wildman–Crippen MR) is 82.5 cm³/mol. The molecule has 0 bridgehead atoms. The molecule has 0 aliphatic carbocycles. The van der Waals surface area contributed by atoms with Gasteiger partial charge in [0.15, 0.2) is 5.78 Å². The molecule has 104 valence electrons. The number of rotatable bonds is 4. The van der Waals surface area contributed by atoms with Gasteiger partial charge >= 0.3 is 0 Å². The van der Waals surface area contributed by atoms with Crippen LogP contribution in [0.3, 0.4) is 0 Å². The third kappa shape index (κ3) is 2.60. The quantitative estimate of drug-likeness (QED) is 0.759. The van der Waals surface area contributed by atoms with Crippen LogP contribution in [0, 0.1) is 13.8 Å². The largest absolute Gasteiger partial charge is 0.496 e. The van der Waals surface area contributed by atoms with Crippen LogP contribution in [0.4, 0.5) is 0 Å². The smallest absolute Gasteiger partial charge is 0.163 e. The van der Waals surface area contributed by atoms with Gasteiger partial charge in [-0.15, -0.1) is 0 Å². The van der Waals surface area contributed by atoms with Gasteiger partial charge in [-0.1, -0.05) is 31.2 Å². The van der Waals surface area contributed by atoms with Crippen LogP contribution < -0.4 is 4.74 Å². The molecule has 0 saturated heterocycles. The van der Waals surface area contributed by atoms with Crippen LogP contribution in [0.5, 0.6) is 5.75 Å². The van der Waals surface area contributed by atoms with Crippen molar-refractivity contribution >= 4 is 5.78 Å². The summed E-state index contributed by atoms with van der Waals surface area (Å²) >= 11 is 0. The molecule has 0 N–H and O–H groups in total. The Kier molecular flexibility index (Phi) is 4.23. The molecule has 0 aliphatic rings. The minimum absolute atomic E-state index is 0.173. The second-order valence-electron chi connectivity index (χ2n) is 4.97. The van der Waals surface area contributed by atoms with Crippen molar-refractivity contribution in [2.24, 2.45) is 0 Å². The Morgan fingerprint density at radius 1 is 1.10 bits per heavy atom. The van der Waals surface area contributed by atoms with Gasteiger partial charge in [0.1, 0.15) is 5.75 Å². The van der Waals surface area contributed by atoms with Gasteiger partial charge in [0.2, 0.25) is 0 Å². The number of carbonyl (C=O) groups is 1. The summed E-state index contributed by atoms with van der Waals surface area (Å²) in [5.41, 5.74) is 5.02. The topological polar surface area (TPSA) is 26.3 Å². The predicted octanol–water partition coefficient (Wildman–Crippen LogP) is 4.57. The van der Waals surface area contributed by atoms with E-state index >= 15 is 0 Å². The highest BCUT2D eigenvalue weighted by Crippen LogP contribution is 2.32. The molecule has 2 rings (SSSR count). The Bertz CT molecular complexity index is 619. The Labute approximate surface area is 120 Å². The van der Waals surface area contributed by atoms with Gasteiger partial charge in [0.25, 0.3) is 0 Å². The lowest BCUT2D eigenvalue weighted by atomic mass is 9.93. The van der Waals surface area contributed by atoms with Gasteiger partial charge < -0.3 is 4.74 Å². The third-order valence-electron chi connectivity index (χ3n) is 3.52. The van der Waals surface area contributed by atoms with Gasteiger partial charge in [-0.25, -0.2) is 0 Å². The molecule has 0 atom stereocenters. The van der Waals surface area contributed by atoms with E-state index in [0.29, 0.717) is 6.42 Å². The standard InChI is InChI=1S/C18H20O2/c1-5-17(19)16-9-7-6-8-15(16)14-10-12(2)18(20-4)13(3)11-14/h6-11H,5H2,1-4H3. The lowest BCUT2D eigenvalue weighted by Gasteiger charge is -2.13. The van der Waals surface area contributed by atoms with Crippen molar-refractivity contribution in [2.75, 3.05) is 7.11 Å². The number of ether oxygens (including phenoxy) is 1. The van der Waals surface area contributed by atoms with Gasteiger partial charge in [0, 0.05) is 12.0 Å². The zero-order valence-electron chi connectivity index (χ0n) is 12.5. The fourth-order valence-electron chi connectivity index (χ4n) is 2.60. The molecule has 0 spiro atoms. The SMILES string of the molecule is CCC(=O)c1ccccc1-c1cc(C)c(OC)c(C)c1. The summed E-state index contributed by atoms with van der Waals surface area (Å²) in [5.74, 6) is 1.08. The number of ketones is 1. The molecule has 0 fully saturated rings. The molecular formula is C18H20O2. The molecule has 0 saturated carbocycles. The van der Waals surface area contributed by atoms with Gasteiger partial charge in [-0.05, 0) is 48.2 Å². The fraction of sp³-hybridized carbons (Fsp3) is 0.278. The highest BCUT2D eigenvalue weighted by molar-refractivity contribution is 6.02. The van der Waals surface area contributed by atoms with E-state index in [2.05, 4.69) is 12.1 Å². The monoisotopic (exact) mass is 268 g/mol. The Morgan fingerprint density at radius 3 is 2.25 bits per heavy atom. The van der Waals surface area contributed by atoms with E-state index in [1.54, 1.807) is 7.11 Å². The molecule has 0 heterocycles. The van der Waals surface area contributed by atoms with Crippen molar-refractivity contribution in [3.05, 3.63) is 53.1 Å². The summed E-state index contributed by atoms with van der Waals surface area (Å²) < 4.78 is 5.40.